The molecule has 1 aromatic heterocycles. The summed E-state index contributed by atoms with van der Waals surface area (Å²) >= 11 is 0. The molecule has 0 aliphatic heterocycles. The first kappa shape index (κ1) is 20.6. The minimum Gasteiger partial charge on any atom is -0.468 e. The predicted octanol–water partition coefficient (Wildman–Crippen LogP) is 3.18. The summed E-state index contributed by atoms with van der Waals surface area (Å²) in [5, 5.41) is 9.43. The highest BCUT2D eigenvalue weighted by Gasteiger charge is 2.64. The second-order valence-corrected chi connectivity index (χ2v) is 7.30. The summed E-state index contributed by atoms with van der Waals surface area (Å²) in [6, 6.07) is 11.7. The highest BCUT2D eigenvalue weighted by molar-refractivity contribution is 5.87. The summed E-state index contributed by atoms with van der Waals surface area (Å²) in [6.07, 6.45) is 5.87. The molecule has 0 bridgehead atoms. The van der Waals surface area contributed by atoms with Crippen LogP contribution in [0.25, 0.3) is 5.69 Å². The van der Waals surface area contributed by atoms with Gasteiger partial charge in [-0.2, -0.15) is 5.26 Å². The Balaban J connectivity index is 1.77. The molecule has 0 spiro atoms. The summed E-state index contributed by atoms with van der Waals surface area (Å²) in [5.74, 6) is -2.02. The molecule has 1 aliphatic rings. The van der Waals surface area contributed by atoms with Crippen molar-refractivity contribution in [2.75, 3.05) is 13.7 Å². The molecule has 7 nitrogen and oxygen atoms in total. The molecule has 1 fully saturated rings. The maximum atomic E-state index is 12.6. The van der Waals surface area contributed by atoms with E-state index in [0.717, 1.165) is 18.5 Å². The molecule has 1 saturated carbocycles. The molecule has 0 amide bonds. The molecule has 29 heavy (non-hydrogen) atoms. The molecule has 7 heteroatoms. The fourth-order valence-corrected chi connectivity index (χ4v) is 3.66. The second-order valence-electron chi connectivity index (χ2n) is 7.30. The molecule has 0 N–H and O–H groups in total. The lowest BCUT2D eigenvalue weighted by molar-refractivity contribution is -0.148. The zero-order chi connectivity index (χ0) is 20.9. The molecule has 1 heterocycles. The number of nitriles is 1. The zero-order valence-corrected chi connectivity index (χ0v) is 16.7. The number of unbranched alkanes of at least 4 members (excludes halogenated alkanes) is 1. The summed E-state index contributed by atoms with van der Waals surface area (Å²) in [5.41, 5.74) is 0.597. The van der Waals surface area contributed by atoms with E-state index in [9.17, 15) is 14.9 Å². The first-order chi connectivity index (χ1) is 14.1. The molecule has 152 valence electrons. The fraction of sp³-hybridized carbons (Fsp3) is 0.455. The van der Waals surface area contributed by atoms with Crippen molar-refractivity contribution in [3.8, 4) is 11.8 Å². The van der Waals surface area contributed by atoms with Gasteiger partial charge in [-0.15, -0.1) is 0 Å². The first-order valence-corrected chi connectivity index (χ1v) is 9.81. The van der Waals surface area contributed by atoms with Gasteiger partial charge < -0.3 is 14.0 Å². The van der Waals surface area contributed by atoms with Gasteiger partial charge in [0.15, 0.2) is 0 Å². The SMILES string of the molecule is CCCCOC(=O)C(C#N)C[C@@H]1C[C@]1(C(=O)OC)c1cn(-c2ccccc2)cn1. The average Bonchev–Trinajstić information content (AvgIpc) is 3.25. The zero-order valence-electron chi connectivity index (χ0n) is 16.7. The standard InChI is InChI=1S/C22H25N3O4/c1-3-4-10-29-20(26)16(13-23)11-17-12-22(17,21(27)28-2)19-14-25(15-24-19)18-8-6-5-7-9-18/h5-9,14-17H,3-4,10-12H2,1-2H3/t16?,17-,22-/m1/s1. The highest BCUT2D eigenvalue weighted by atomic mass is 16.5. The third kappa shape index (κ3) is 4.16. The van der Waals surface area contributed by atoms with Gasteiger partial charge in [-0.1, -0.05) is 31.5 Å². The first-order valence-electron chi connectivity index (χ1n) is 9.81. The summed E-state index contributed by atoms with van der Waals surface area (Å²) in [7, 11) is 1.34. The number of methoxy groups -OCH3 is 1. The Morgan fingerprint density at radius 3 is 2.79 bits per heavy atom. The number of carbonyl (C=O) groups is 2. The molecule has 2 aromatic rings. The largest absolute Gasteiger partial charge is 0.468 e. The van der Waals surface area contributed by atoms with Crippen LogP contribution < -0.4 is 0 Å². The maximum absolute atomic E-state index is 12.6. The van der Waals surface area contributed by atoms with Crippen molar-refractivity contribution in [2.45, 2.75) is 38.0 Å². The number of imidazole rings is 1. The van der Waals surface area contributed by atoms with E-state index < -0.39 is 23.3 Å². The lowest BCUT2D eigenvalue weighted by Crippen LogP contribution is -2.27. The van der Waals surface area contributed by atoms with E-state index in [4.69, 9.17) is 9.47 Å². The Morgan fingerprint density at radius 1 is 1.38 bits per heavy atom. The Bertz CT molecular complexity index is 902. The molecule has 0 radical (unpaired) electrons. The molecule has 0 saturated heterocycles. The third-order valence-corrected chi connectivity index (χ3v) is 5.45. The quantitative estimate of drug-likeness (QED) is 0.478. The number of rotatable bonds is 9. The number of hydrogen-bond donors (Lipinski definition) is 0. The van der Waals surface area contributed by atoms with Crippen LogP contribution in [-0.4, -0.2) is 35.2 Å². The highest BCUT2D eigenvalue weighted by Crippen LogP contribution is 2.57. The molecule has 1 aromatic carbocycles. The van der Waals surface area contributed by atoms with Crippen molar-refractivity contribution in [1.82, 2.24) is 9.55 Å². The number of hydrogen-bond acceptors (Lipinski definition) is 6. The monoisotopic (exact) mass is 395 g/mol. The number of benzene rings is 1. The number of para-hydroxylation sites is 1. The maximum Gasteiger partial charge on any atom is 0.323 e. The Kier molecular flexibility index (Phi) is 6.32. The molecule has 1 aliphatic carbocycles. The van der Waals surface area contributed by atoms with Crippen molar-refractivity contribution in [3.05, 3.63) is 48.5 Å². The van der Waals surface area contributed by atoms with Gasteiger partial charge in [0, 0.05) is 11.9 Å². The van der Waals surface area contributed by atoms with Gasteiger partial charge in [0.2, 0.25) is 0 Å². The van der Waals surface area contributed by atoms with Gasteiger partial charge in [0.05, 0.1) is 31.8 Å². The number of esters is 2. The third-order valence-electron chi connectivity index (χ3n) is 5.45. The summed E-state index contributed by atoms with van der Waals surface area (Å²) in [4.78, 5) is 29.3. The second kappa shape index (κ2) is 8.91. The normalized spacial score (nSPS) is 21.1. The molecular formula is C22H25N3O4. The van der Waals surface area contributed by atoms with Crippen LogP contribution in [0, 0.1) is 23.2 Å². The lowest BCUT2D eigenvalue weighted by Gasteiger charge is -2.14. The van der Waals surface area contributed by atoms with E-state index in [2.05, 4.69) is 4.98 Å². The van der Waals surface area contributed by atoms with Crippen LogP contribution in [0.3, 0.4) is 0 Å². The van der Waals surface area contributed by atoms with Gasteiger partial charge in [-0.25, -0.2) is 4.98 Å². The molecular weight excluding hydrogens is 370 g/mol. The molecule has 3 atom stereocenters. The fourth-order valence-electron chi connectivity index (χ4n) is 3.66. The van der Waals surface area contributed by atoms with Crippen molar-refractivity contribution < 1.29 is 19.1 Å². The molecule has 3 rings (SSSR count). The van der Waals surface area contributed by atoms with Crippen molar-refractivity contribution in [1.29, 1.82) is 5.26 Å². The number of aromatic nitrogens is 2. The minimum absolute atomic E-state index is 0.197. The van der Waals surface area contributed by atoms with E-state index in [1.165, 1.54) is 7.11 Å². The Morgan fingerprint density at radius 2 is 2.14 bits per heavy atom. The van der Waals surface area contributed by atoms with Crippen LogP contribution in [0.5, 0.6) is 0 Å². The Labute approximate surface area is 170 Å². The van der Waals surface area contributed by atoms with Crippen molar-refractivity contribution in [2.24, 2.45) is 11.8 Å². The van der Waals surface area contributed by atoms with Crippen LogP contribution in [0.15, 0.2) is 42.9 Å². The van der Waals surface area contributed by atoms with Crippen LogP contribution in [0.4, 0.5) is 0 Å². The van der Waals surface area contributed by atoms with E-state index in [1.54, 1.807) is 6.33 Å². The summed E-state index contributed by atoms with van der Waals surface area (Å²) < 4.78 is 12.1. The predicted molar refractivity (Wildman–Crippen MR) is 105 cm³/mol. The van der Waals surface area contributed by atoms with Crippen LogP contribution in [-0.2, 0) is 24.5 Å². The van der Waals surface area contributed by atoms with Gasteiger partial charge in [0.1, 0.15) is 11.3 Å². The van der Waals surface area contributed by atoms with E-state index >= 15 is 0 Å². The number of carbonyl (C=O) groups excluding carboxylic acids is 2. The van der Waals surface area contributed by atoms with Crippen LogP contribution in [0.1, 0.15) is 38.3 Å². The van der Waals surface area contributed by atoms with E-state index in [1.807, 2.05) is 54.1 Å². The van der Waals surface area contributed by atoms with Crippen molar-refractivity contribution >= 4 is 11.9 Å². The number of nitrogens with zero attached hydrogens (tertiary/aromatic N) is 3. The molecule has 1 unspecified atom stereocenters. The topological polar surface area (TPSA) is 94.2 Å². The lowest BCUT2D eigenvalue weighted by atomic mass is 9.94. The minimum atomic E-state index is -0.923. The van der Waals surface area contributed by atoms with Crippen molar-refractivity contribution in [3.63, 3.8) is 0 Å². The van der Waals surface area contributed by atoms with E-state index in [-0.39, 0.29) is 12.3 Å². The van der Waals surface area contributed by atoms with Crippen LogP contribution in [0.2, 0.25) is 0 Å². The van der Waals surface area contributed by atoms with Crippen LogP contribution >= 0.6 is 0 Å². The van der Waals surface area contributed by atoms with E-state index in [0.29, 0.717) is 18.7 Å². The average molecular weight is 395 g/mol. The smallest absolute Gasteiger partial charge is 0.323 e. The Hall–Kier alpha value is -3.14. The van der Waals surface area contributed by atoms with Gasteiger partial charge in [0.25, 0.3) is 0 Å². The van der Waals surface area contributed by atoms with Gasteiger partial charge >= 0.3 is 11.9 Å². The number of ether oxygens (including phenoxy) is 2. The summed E-state index contributed by atoms with van der Waals surface area (Å²) in [6.45, 7) is 2.31. The van der Waals surface area contributed by atoms with Gasteiger partial charge in [-0.3, -0.25) is 9.59 Å². The van der Waals surface area contributed by atoms with Gasteiger partial charge in [-0.05, 0) is 37.3 Å².